The first kappa shape index (κ1) is 17.8. The maximum atomic E-state index is 12.7. The van der Waals surface area contributed by atoms with Crippen LogP contribution < -0.4 is 4.74 Å². The van der Waals surface area contributed by atoms with Gasteiger partial charge in [0, 0.05) is 37.7 Å². The number of rotatable bonds is 7. The first-order chi connectivity index (χ1) is 11.1. The molecular weight excluding hydrogens is 292 g/mol. The van der Waals surface area contributed by atoms with E-state index in [1.807, 2.05) is 30.0 Å². The molecule has 1 aromatic rings. The summed E-state index contributed by atoms with van der Waals surface area (Å²) < 4.78 is 5.47. The normalized spacial score (nSPS) is 21.0. The van der Waals surface area contributed by atoms with Crippen molar-refractivity contribution < 1.29 is 14.6 Å². The SMILES string of the molecule is CCOc1cccc(C(=O)N2C[C@@H](CN(C)CC)[C@@H](CO)C2)c1. The van der Waals surface area contributed by atoms with Crippen LogP contribution in [0.1, 0.15) is 24.2 Å². The highest BCUT2D eigenvalue weighted by atomic mass is 16.5. The summed E-state index contributed by atoms with van der Waals surface area (Å²) in [7, 11) is 2.07. The number of aliphatic hydroxyl groups is 1. The Morgan fingerprint density at radius 1 is 1.35 bits per heavy atom. The molecule has 1 fully saturated rings. The minimum atomic E-state index is 0.0201. The summed E-state index contributed by atoms with van der Waals surface area (Å²) in [6.45, 7) is 7.96. The topological polar surface area (TPSA) is 53.0 Å². The summed E-state index contributed by atoms with van der Waals surface area (Å²) in [6.07, 6.45) is 0. The molecule has 0 unspecified atom stereocenters. The van der Waals surface area contributed by atoms with Crippen LogP contribution in [0.3, 0.4) is 0 Å². The smallest absolute Gasteiger partial charge is 0.254 e. The van der Waals surface area contributed by atoms with Gasteiger partial charge in [0.25, 0.3) is 5.91 Å². The molecule has 2 atom stereocenters. The summed E-state index contributed by atoms with van der Waals surface area (Å²) in [5.74, 6) is 1.22. The minimum Gasteiger partial charge on any atom is -0.494 e. The lowest BCUT2D eigenvalue weighted by Gasteiger charge is -2.22. The number of nitrogens with zero attached hydrogens (tertiary/aromatic N) is 2. The molecule has 2 rings (SSSR count). The lowest BCUT2D eigenvalue weighted by molar-refractivity contribution is 0.0779. The van der Waals surface area contributed by atoms with Gasteiger partial charge in [0.15, 0.2) is 0 Å². The zero-order chi connectivity index (χ0) is 16.8. The lowest BCUT2D eigenvalue weighted by Crippen LogP contribution is -2.32. The third-order valence-corrected chi connectivity index (χ3v) is 4.58. The Bertz CT molecular complexity index is 521. The third kappa shape index (κ3) is 4.45. The van der Waals surface area contributed by atoms with Crippen molar-refractivity contribution in [2.45, 2.75) is 13.8 Å². The van der Waals surface area contributed by atoms with E-state index in [1.54, 1.807) is 6.07 Å². The number of likely N-dealkylation sites (tertiary alicyclic amines) is 1. The zero-order valence-electron chi connectivity index (χ0n) is 14.4. The van der Waals surface area contributed by atoms with Gasteiger partial charge in [0.2, 0.25) is 0 Å². The van der Waals surface area contributed by atoms with E-state index in [-0.39, 0.29) is 18.4 Å². The van der Waals surface area contributed by atoms with Gasteiger partial charge in [0.1, 0.15) is 5.75 Å². The molecule has 1 aromatic carbocycles. The highest BCUT2D eigenvalue weighted by Crippen LogP contribution is 2.26. The number of amides is 1. The molecule has 1 aliphatic rings. The molecule has 1 saturated heterocycles. The molecule has 1 amide bonds. The molecule has 0 aliphatic carbocycles. The maximum Gasteiger partial charge on any atom is 0.254 e. The Kier molecular flexibility index (Phi) is 6.42. The highest BCUT2D eigenvalue weighted by Gasteiger charge is 2.35. The van der Waals surface area contributed by atoms with Crippen LogP contribution in [-0.4, -0.2) is 67.3 Å². The van der Waals surface area contributed by atoms with E-state index in [9.17, 15) is 9.90 Å². The van der Waals surface area contributed by atoms with Crippen molar-refractivity contribution >= 4 is 5.91 Å². The van der Waals surface area contributed by atoms with Gasteiger partial charge < -0.3 is 19.6 Å². The molecule has 0 radical (unpaired) electrons. The number of carbonyl (C=O) groups is 1. The Hall–Kier alpha value is -1.59. The van der Waals surface area contributed by atoms with E-state index in [0.29, 0.717) is 31.2 Å². The lowest BCUT2D eigenvalue weighted by atomic mass is 9.96. The standard InChI is InChI=1S/C18H28N2O3/c1-4-19(3)10-15-11-20(12-16(15)13-21)18(22)14-7-6-8-17(9-14)23-5-2/h6-9,15-16,21H,4-5,10-13H2,1-3H3/t15-,16-/m1/s1. The van der Waals surface area contributed by atoms with E-state index >= 15 is 0 Å². The number of carbonyl (C=O) groups excluding carboxylic acids is 1. The maximum absolute atomic E-state index is 12.7. The summed E-state index contributed by atoms with van der Waals surface area (Å²) in [4.78, 5) is 16.8. The first-order valence-electron chi connectivity index (χ1n) is 8.40. The van der Waals surface area contributed by atoms with Gasteiger partial charge in [-0.25, -0.2) is 0 Å². The molecule has 0 saturated carbocycles. The van der Waals surface area contributed by atoms with Crippen molar-refractivity contribution in [3.63, 3.8) is 0 Å². The largest absolute Gasteiger partial charge is 0.494 e. The molecule has 1 heterocycles. The van der Waals surface area contributed by atoms with Crippen LogP contribution in [0.25, 0.3) is 0 Å². The van der Waals surface area contributed by atoms with Crippen molar-refractivity contribution in [1.82, 2.24) is 9.80 Å². The second-order valence-corrected chi connectivity index (χ2v) is 6.23. The fourth-order valence-corrected chi connectivity index (χ4v) is 3.12. The third-order valence-electron chi connectivity index (χ3n) is 4.58. The van der Waals surface area contributed by atoms with Gasteiger partial charge in [-0.1, -0.05) is 13.0 Å². The molecular formula is C18H28N2O3. The number of hydrogen-bond donors (Lipinski definition) is 1. The van der Waals surface area contributed by atoms with E-state index in [2.05, 4.69) is 18.9 Å². The predicted molar refractivity (Wildman–Crippen MR) is 90.8 cm³/mol. The van der Waals surface area contributed by atoms with Crippen LogP contribution in [-0.2, 0) is 0 Å². The average molecular weight is 320 g/mol. The number of benzene rings is 1. The predicted octanol–water partition coefficient (Wildman–Crippen LogP) is 1.72. The zero-order valence-corrected chi connectivity index (χ0v) is 14.4. The van der Waals surface area contributed by atoms with Crippen LogP contribution in [0.15, 0.2) is 24.3 Å². The number of hydrogen-bond acceptors (Lipinski definition) is 4. The quantitative estimate of drug-likeness (QED) is 0.831. The fraction of sp³-hybridized carbons (Fsp3) is 0.611. The molecule has 23 heavy (non-hydrogen) atoms. The molecule has 5 nitrogen and oxygen atoms in total. The van der Waals surface area contributed by atoms with Crippen molar-refractivity contribution in [2.24, 2.45) is 11.8 Å². The minimum absolute atomic E-state index is 0.0201. The van der Waals surface area contributed by atoms with Crippen LogP contribution in [0.5, 0.6) is 5.75 Å². The fourth-order valence-electron chi connectivity index (χ4n) is 3.12. The van der Waals surface area contributed by atoms with Gasteiger partial charge in [-0.15, -0.1) is 0 Å². The van der Waals surface area contributed by atoms with Crippen LogP contribution in [0.4, 0.5) is 0 Å². The van der Waals surface area contributed by atoms with Gasteiger partial charge in [-0.3, -0.25) is 4.79 Å². The van der Waals surface area contributed by atoms with Crippen LogP contribution in [0, 0.1) is 11.8 Å². The van der Waals surface area contributed by atoms with Crippen molar-refractivity contribution in [2.75, 3.05) is 46.4 Å². The summed E-state index contributed by atoms with van der Waals surface area (Å²) in [5, 5.41) is 9.63. The second-order valence-electron chi connectivity index (χ2n) is 6.23. The van der Waals surface area contributed by atoms with Gasteiger partial charge in [-0.05, 0) is 44.6 Å². The first-order valence-corrected chi connectivity index (χ1v) is 8.40. The molecule has 0 aromatic heterocycles. The summed E-state index contributed by atoms with van der Waals surface area (Å²) >= 11 is 0. The molecule has 5 heteroatoms. The van der Waals surface area contributed by atoms with Crippen molar-refractivity contribution in [3.8, 4) is 5.75 Å². The summed E-state index contributed by atoms with van der Waals surface area (Å²) in [6, 6.07) is 7.33. The van der Waals surface area contributed by atoms with E-state index < -0.39 is 0 Å². The highest BCUT2D eigenvalue weighted by molar-refractivity contribution is 5.94. The Morgan fingerprint density at radius 3 is 2.74 bits per heavy atom. The molecule has 0 spiro atoms. The Morgan fingerprint density at radius 2 is 2.09 bits per heavy atom. The molecule has 1 aliphatic heterocycles. The van der Waals surface area contributed by atoms with Crippen molar-refractivity contribution in [3.05, 3.63) is 29.8 Å². The second kappa shape index (κ2) is 8.31. The monoisotopic (exact) mass is 320 g/mol. The van der Waals surface area contributed by atoms with Crippen LogP contribution in [0.2, 0.25) is 0 Å². The number of aliphatic hydroxyl groups excluding tert-OH is 1. The van der Waals surface area contributed by atoms with Gasteiger partial charge >= 0.3 is 0 Å². The van der Waals surface area contributed by atoms with Gasteiger partial charge in [-0.2, -0.15) is 0 Å². The van der Waals surface area contributed by atoms with Crippen LogP contribution >= 0.6 is 0 Å². The average Bonchev–Trinajstić information content (AvgIpc) is 2.97. The van der Waals surface area contributed by atoms with E-state index in [1.165, 1.54) is 0 Å². The molecule has 1 N–H and O–H groups in total. The van der Waals surface area contributed by atoms with E-state index in [0.717, 1.165) is 18.8 Å². The molecule has 0 bridgehead atoms. The Labute approximate surface area is 138 Å². The number of ether oxygens (including phenoxy) is 1. The van der Waals surface area contributed by atoms with E-state index in [4.69, 9.17) is 4.74 Å². The molecule has 128 valence electrons. The van der Waals surface area contributed by atoms with Crippen molar-refractivity contribution in [1.29, 1.82) is 0 Å². The Balaban J connectivity index is 2.06. The summed E-state index contributed by atoms with van der Waals surface area (Å²) in [5.41, 5.74) is 0.650. The van der Waals surface area contributed by atoms with Gasteiger partial charge in [0.05, 0.1) is 6.61 Å².